The smallest absolute Gasteiger partial charge is 0.335 e. The van der Waals surface area contributed by atoms with E-state index in [2.05, 4.69) is 0 Å². The second-order valence-corrected chi connectivity index (χ2v) is 10.4. The third-order valence-corrected chi connectivity index (χ3v) is 8.10. The zero-order valence-electron chi connectivity index (χ0n) is 13.0. The summed E-state index contributed by atoms with van der Waals surface area (Å²) < 4.78 is 50.0. The molecule has 0 amide bonds. The second-order valence-electron chi connectivity index (χ2n) is 5.74. The lowest BCUT2D eigenvalue weighted by atomic mass is 10.2. The highest BCUT2D eigenvalue weighted by atomic mass is 35.5. The van der Waals surface area contributed by atoms with Crippen LogP contribution in [-0.2, 0) is 19.9 Å². The number of rotatable bonds is 4. The monoisotopic (exact) mass is 395 g/mol. The van der Waals surface area contributed by atoms with Gasteiger partial charge in [0.2, 0.25) is 10.0 Å². The summed E-state index contributed by atoms with van der Waals surface area (Å²) in [6, 6.07) is 3.44. The van der Waals surface area contributed by atoms with Gasteiger partial charge in [-0.2, -0.15) is 4.31 Å². The summed E-state index contributed by atoms with van der Waals surface area (Å²) in [7, 11) is -7.13. The van der Waals surface area contributed by atoms with Crippen molar-refractivity contribution in [2.45, 2.75) is 29.4 Å². The number of sulfonamides is 1. The fraction of sp³-hybridized carbons (Fsp3) is 0.500. The zero-order chi connectivity index (χ0) is 18.1. The lowest BCUT2D eigenvalue weighted by molar-refractivity contribution is 0.0696. The van der Waals surface area contributed by atoms with Gasteiger partial charge in [-0.3, -0.25) is 0 Å². The molecular formula is C14H18ClNO6S2. The standard InChI is InChI=1S/C14H18ClNO6S2/c1-23(19,20)11-3-2-7-16(8-6-11)24(21,22)13-5-4-10(14(17)18)9-12(13)15/h4-5,9,11H,2-3,6-8H2,1H3,(H,17,18). The van der Waals surface area contributed by atoms with Crippen LogP contribution < -0.4 is 0 Å². The van der Waals surface area contributed by atoms with Crippen molar-refractivity contribution in [3.8, 4) is 0 Å². The van der Waals surface area contributed by atoms with Crippen LogP contribution >= 0.6 is 11.6 Å². The number of halogens is 1. The van der Waals surface area contributed by atoms with Crippen LogP contribution in [0.4, 0.5) is 0 Å². The molecule has 1 aromatic carbocycles. The second kappa shape index (κ2) is 6.99. The Balaban J connectivity index is 2.29. The Hall–Kier alpha value is -1.16. The van der Waals surface area contributed by atoms with Crippen LogP contribution in [0.1, 0.15) is 29.6 Å². The number of aromatic carboxylic acids is 1. The van der Waals surface area contributed by atoms with Crippen molar-refractivity contribution in [1.29, 1.82) is 0 Å². The molecule has 0 saturated carbocycles. The van der Waals surface area contributed by atoms with Crippen LogP contribution in [0.5, 0.6) is 0 Å². The summed E-state index contributed by atoms with van der Waals surface area (Å²) in [5.74, 6) is -1.20. The largest absolute Gasteiger partial charge is 0.478 e. The summed E-state index contributed by atoms with van der Waals surface area (Å²) in [6.07, 6.45) is 2.23. The van der Waals surface area contributed by atoms with E-state index in [1.54, 1.807) is 0 Å². The zero-order valence-corrected chi connectivity index (χ0v) is 15.4. The van der Waals surface area contributed by atoms with Gasteiger partial charge in [-0.1, -0.05) is 11.6 Å². The van der Waals surface area contributed by atoms with Crippen LogP contribution in [0.3, 0.4) is 0 Å². The minimum atomic E-state index is -3.91. The van der Waals surface area contributed by atoms with Gasteiger partial charge < -0.3 is 5.11 Å². The Bertz CT molecular complexity index is 850. The summed E-state index contributed by atoms with van der Waals surface area (Å²) in [5, 5.41) is 8.20. The molecule has 24 heavy (non-hydrogen) atoms. The normalized spacial score (nSPS) is 20.5. The lowest BCUT2D eigenvalue weighted by Crippen LogP contribution is -2.33. The first-order chi connectivity index (χ1) is 11.0. The number of sulfone groups is 1. The molecule has 2 rings (SSSR count). The van der Waals surface area contributed by atoms with E-state index >= 15 is 0 Å². The Labute approximate surface area is 146 Å². The molecule has 0 bridgehead atoms. The van der Waals surface area contributed by atoms with E-state index in [4.69, 9.17) is 16.7 Å². The molecule has 1 N–H and O–H groups in total. The molecule has 1 atom stereocenters. The van der Waals surface area contributed by atoms with E-state index in [0.717, 1.165) is 12.3 Å². The maximum atomic E-state index is 12.7. The van der Waals surface area contributed by atoms with Gasteiger partial charge in [0.1, 0.15) is 14.7 Å². The van der Waals surface area contributed by atoms with Gasteiger partial charge in [0, 0.05) is 19.3 Å². The molecule has 1 unspecified atom stereocenters. The summed E-state index contributed by atoms with van der Waals surface area (Å²) in [4.78, 5) is 10.7. The topological polar surface area (TPSA) is 109 Å². The molecule has 0 aliphatic carbocycles. The Morgan fingerprint density at radius 2 is 1.88 bits per heavy atom. The molecule has 1 fully saturated rings. The fourth-order valence-corrected chi connectivity index (χ4v) is 5.83. The first-order valence-corrected chi connectivity index (χ1v) is 11.0. The molecular weight excluding hydrogens is 378 g/mol. The molecule has 0 radical (unpaired) electrons. The highest BCUT2D eigenvalue weighted by molar-refractivity contribution is 7.91. The number of benzene rings is 1. The maximum absolute atomic E-state index is 12.7. The van der Waals surface area contributed by atoms with Crippen molar-refractivity contribution in [3.63, 3.8) is 0 Å². The van der Waals surface area contributed by atoms with Crippen LogP contribution in [0.15, 0.2) is 23.1 Å². The Morgan fingerprint density at radius 3 is 2.42 bits per heavy atom. The SMILES string of the molecule is CS(=O)(=O)C1CCCN(S(=O)(=O)c2ccc(C(=O)O)cc2Cl)CC1. The number of hydrogen-bond acceptors (Lipinski definition) is 5. The van der Waals surface area contributed by atoms with Crippen molar-refractivity contribution in [2.24, 2.45) is 0 Å². The molecule has 0 spiro atoms. The predicted molar refractivity (Wildman–Crippen MR) is 89.7 cm³/mol. The summed E-state index contributed by atoms with van der Waals surface area (Å²) >= 11 is 5.95. The minimum absolute atomic E-state index is 0.0804. The third-order valence-electron chi connectivity index (χ3n) is 4.04. The van der Waals surface area contributed by atoms with Gasteiger partial charge in [0.05, 0.1) is 15.8 Å². The maximum Gasteiger partial charge on any atom is 0.335 e. The molecule has 1 saturated heterocycles. The van der Waals surface area contributed by atoms with E-state index in [1.165, 1.54) is 16.4 Å². The fourth-order valence-electron chi connectivity index (χ4n) is 2.69. The molecule has 1 aliphatic rings. The molecule has 1 aliphatic heterocycles. The van der Waals surface area contributed by atoms with Gasteiger partial charge in [-0.05, 0) is 37.5 Å². The van der Waals surface area contributed by atoms with E-state index in [0.29, 0.717) is 12.8 Å². The summed E-state index contributed by atoms with van der Waals surface area (Å²) in [6.45, 7) is 0.280. The number of carboxylic acids is 1. The van der Waals surface area contributed by atoms with Crippen LogP contribution in [-0.4, -0.2) is 56.8 Å². The number of carboxylic acid groups (broad SMARTS) is 1. The molecule has 1 heterocycles. The lowest BCUT2D eigenvalue weighted by Gasteiger charge is -2.21. The van der Waals surface area contributed by atoms with Crippen LogP contribution in [0.25, 0.3) is 0 Å². The Morgan fingerprint density at radius 1 is 1.21 bits per heavy atom. The first kappa shape index (κ1) is 19.2. The Kier molecular flexibility index (Phi) is 5.58. The predicted octanol–water partition coefficient (Wildman–Crippen LogP) is 1.63. The van der Waals surface area contributed by atoms with Gasteiger partial charge >= 0.3 is 5.97 Å². The number of nitrogens with zero attached hydrogens (tertiary/aromatic N) is 1. The van der Waals surface area contributed by atoms with Gasteiger partial charge in [-0.25, -0.2) is 21.6 Å². The molecule has 1 aromatic rings. The quantitative estimate of drug-likeness (QED) is 0.829. The van der Waals surface area contributed by atoms with Crippen molar-refractivity contribution in [2.75, 3.05) is 19.3 Å². The highest BCUT2D eigenvalue weighted by Gasteiger charge is 2.32. The molecule has 134 valence electrons. The summed E-state index contributed by atoms with van der Waals surface area (Å²) in [5.41, 5.74) is -0.105. The van der Waals surface area contributed by atoms with Crippen molar-refractivity contribution >= 4 is 37.4 Å². The highest BCUT2D eigenvalue weighted by Crippen LogP contribution is 2.28. The first-order valence-electron chi connectivity index (χ1n) is 7.25. The number of carbonyl (C=O) groups is 1. The van der Waals surface area contributed by atoms with Gasteiger partial charge in [-0.15, -0.1) is 0 Å². The van der Waals surface area contributed by atoms with E-state index in [9.17, 15) is 21.6 Å². The van der Waals surface area contributed by atoms with E-state index in [-0.39, 0.29) is 35.0 Å². The van der Waals surface area contributed by atoms with Gasteiger partial charge in [0.15, 0.2) is 0 Å². The number of hydrogen-bond donors (Lipinski definition) is 1. The third kappa shape index (κ3) is 4.08. The molecule has 7 nitrogen and oxygen atoms in total. The van der Waals surface area contributed by atoms with Crippen LogP contribution in [0, 0.1) is 0 Å². The van der Waals surface area contributed by atoms with Gasteiger partial charge in [0.25, 0.3) is 0 Å². The van der Waals surface area contributed by atoms with Crippen molar-refractivity contribution < 1.29 is 26.7 Å². The van der Waals surface area contributed by atoms with E-state index in [1.807, 2.05) is 0 Å². The molecule has 0 aromatic heterocycles. The van der Waals surface area contributed by atoms with Crippen LogP contribution in [0.2, 0.25) is 5.02 Å². The van der Waals surface area contributed by atoms with Crippen molar-refractivity contribution in [3.05, 3.63) is 28.8 Å². The average Bonchev–Trinajstić information content (AvgIpc) is 2.72. The van der Waals surface area contributed by atoms with Crippen molar-refractivity contribution in [1.82, 2.24) is 4.31 Å². The van der Waals surface area contributed by atoms with E-state index < -0.39 is 31.1 Å². The average molecular weight is 396 g/mol. The minimum Gasteiger partial charge on any atom is -0.478 e. The molecule has 10 heteroatoms.